The first-order chi connectivity index (χ1) is 10.0. The number of nitrogen functional groups attached to an aromatic ring is 1. The highest BCUT2D eigenvalue weighted by Crippen LogP contribution is 2.21. The Balaban J connectivity index is 2.78. The van der Waals surface area contributed by atoms with Crippen LogP contribution in [0.25, 0.3) is 0 Å². The van der Waals surface area contributed by atoms with Crippen LogP contribution in [0.4, 0.5) is 10.1 Å². The summed E-state index contributed by atoms with van der Waals surface area (Å²) >= 11 is 0. The number of amidine groups is 1. The summed E-state index contributed by atoms with van der Waals surface area (Å²) in [5, 5.41) is 7.62. The summed E-state index contributed by atoms with van der Waals surface area (Å²) in [5.74, 6) is -0.449. The first kappa shape index (κ1) is 17.4. The van der Waals surface area contributed by atoms with Crippen LogP contribution in [-0.4, -0.2) is 43.5 Å². The van der Waals surface area contributed by atoms with E-state index in [4.69, 9.17) is 11.1 Å². The number of nitrogens with two attached hydrogens (primary N) is 1. The highest BCUT2D eigenvalue weighted by atomic mass is 19.1. The first-order valence-corrected chi connectivity index (χ1v) is 7.64. The lowest BCUT2D eigenvalue weighted by Crippen LogP contribution is -2.31. The number of anilines is 1. The third-order valence-corrected chi connectivity index (χ3v) is 3.77. The van der Waals surface area contributed by atoms with Gasteiger partial charge in [0.15, 0.2) is 0 Å². The smallest absolute Gasteiger partial charge is 0.125 e. The van der Waals surface area contributed by atoms with Crippen molar-refractivity contribution in [2.75, 3.05) is 37.6 Å². The average Bonchev–Trinajstić information content (AvgIpc) is 2.48. The zero-order valence-electron chi connectivity index (χ0n) is 13.3. The van der Waals surface area contributed by atoms with Crippen molar-refractivity contribution in [3.05, 3.63) is 29.6 Å². The maximum Gasteiger partial charge on any atom is 0.125 e. The van der Waals surface area contributed by atoms with Gasteiger partial charge >= 0.3 is 0 Å². The van der Waals surface area contributed by atoms with Gasteiger partial charge in [-0.3, -0.25) is 5.41 Å². The van der Waals surface area contributed by atoms with Crippen molar-refractivity contribution < 1.29 is 4.39 Å². The van der Waals surface area contributed by atoms with E-state index < -0.39 is 0 Å². The highest BCUT2D eigenvalue weighted by Gasteiger charge is 2.13. The highest BCUT2D eigenvalue weighted by molar-refractivity contribution is 6.00. The van der Waals surface area contributed by atoms with E-state index in [0.717, 1.165) is 44.8 Å². The molecule has 0 spiro atoms. The van der Waals surface area contributed by atoms with Crippen molar-refractivity contribution >= 4 is 11.5 Å². The van der Waals surface area contributed by atoms with E-state index >= 15 is 0 Å². The molecule has 3 N–H and O–H groups in total. The normalized spacial score (nSPS) is 10.9. The van der Waals surface area contributed by atoms with Crippen LogP contribution in [0, 0.1) is 11.2 Å². The molecule has 0 amide bonds. The molecule has 1 rings (SSSR count). The number of hydrogen-bond acceptors (Lipinski definition) is 3. The quantitative estimate of drug-likeness (QED) is 0.544. The van der Waals surface area contributed by atoms with Gasteiger partial charge in [0.05, 0.1) is 0 Å². The standard InChI is InChI=1S/C16H27FN4/c1-4-20(5-2)10-7-11-21(6-3)15-9-8-13(17)12-14(15)16(18)19/h8-9,12H,4-7,10-11H2,1-3H3,(H3,18,19). The van der Waals surface area contributed by atoms with E-state index in [-0.39, 0.29) is 11.7 Å². The van der Waals surface area contributed by atoms with Gasteiger partial charge in [0, 0.05) is 24.3 Å². The Morgan fingerprint density at radius 2 is 1.81 bits per heavy atom. The predicted octanol–water partition coefficient (Wildman–Crippen LogP) is 2.67. The summed E-state index contributed by atoms with van der Waals surface area (Å²) in [6.45, 7) is 11.2. The van der Waals surface area contributed by atoms with Gasteiger partial charge in [-0.2, -0.15) is 0 Å². The van der Waals surface area contributed by atoms with Gasteiger partial charge < -0.3 is 15.5 Å². The van der Waals surface area contributed by atoms with E-state index in [1.165, 1.54) is 12.1 Å². The number of rotatable bonds is 9. The van der Waals surface area contributed by atoms with Crippen molar-refractivity contribution in [2.45, 2.75) is 27.2 Å². The third kappa shape index (κ3) is 5.01. The van der Waals surface area contributed by atoms with Gasteiger partial charge in [0.1, 0.15) is 11.7 Å². The molecule has 0 atom stereocenters. The van der Waals surface area contributed by atoms with Crippen LogP contribution < -0.4 is 10.6 Å². The molecule has 1 aromatic rings. The van der Waals surface area contributed by atoms with Gasteiger partial charge in [-0.25, -0.2) is 4.39 Å². The van der Waals surface area contributed by atoms with E-state index in [1.54, 1.807) is 6.07 Å². The second-order valence-corrected chi connectivity index (χ2v) is 5.04. The second-order valence-electron chi connectivity index (χ2n) is 5.04. The molecule has 5 heteroatoms. The van der Waals surface area contributed by atoms with Gasteiger partial charge in [0.2, 0.25) is 0 Å². The molecular formula is C16H27FN4. The van der Waals surface area contributed by atoms with Gasteiger partial charge in [-0.15, -0.1) is 0 Å². The summed E-state index contributed by atoms with van der Waals surface area (Å²) < 4.78 is 13.3. The summed E-state index contributed by atoms with van der Waals surface area (Å²) in [5.41, 5.74) is 6.89. The lowest BCUT2D eigenvalue weighted by Gasteiger charge is -2.27. The summed E-state index contributed by atoms with van der Waals surface area (Å²) in [7, 11) is 0. The van der Waals surface area contributed by atoms with Gasteiger partial charge in [-0.1, -0.05) is 13.8 Å². The van der Waals surface area contributed by atoms with E-state index in [1.807, 2.05) is 0 Å². The van der Waals surface area contributed by atoms with Crippen molar-refractivity contribution in [3.63, 3.8) is 0 Å². The topological polar surface area (TPSA) is 56.4 Å². The maximum absolute atomic E-state index is 13.3. The average molecular weight is 294 g/mol. The van der Waals surface area contributed by atoms with Crippen LogP contribution in [-0.2, 0) is 0 Å². The zero-order valence-corrected chi connectivity index (χ0v) is 13.3. The fourth-order valence-electron chi connectivity index (χ4n) is 2.47. The molecule has 0 heterocycles. The number of benzene rings is 1. The molecule has 0 aliphatic rings. The fourth-order valence-corrected chi connectivity index (χ4v) is 2.47. The summed E-state index contributed by atoms with van der Waals surface area (Å²) in [6.07, 6.45) is 1.03. The molecule has 0 aliphatic heterocycles. The number of hydrogen-bond donors (Lipinski definition) is 2. The molecule has 1 aromatic carbocycles. The monoisotopic (exact) mass is 294 g/mol. The van der Waals surface area contributed by atoms with E-state index in [2.05, 4.69) is 30.6 Å². The molecule has 0 bridgehead atoms. The van der Waals surface area contributed by atoms with Crippen molar-refractivity contribution in [2.24, 2.45) is 5.73 Å². The Labute approximate surface area is 127 Å². The van der Waals surface area contributed by atoms with Crippen molar-refractivity contribution in [3.8, 4) is 0 Å². The minimum absolute atomic E-state index is 0.0910. The molecule has 0 saturated heterocycles. The van der Waals surface area contributed by atoms with Gasteiger partial charge in [0.25, 0.3) is 0 Å². The Bertz CT molecular complexity index is 458. The SMILES string of the molecule is CCN(CC)CCCN(CC)c1ccc(F)cc1C(=N)N. The van der Waals surface area contributed by atoms with E-state index in [9.17, 15) is 4.39 Å². The maximum atomic E-state index is 13.3. The largest absolute Gasteiger partial charge is 0.384 e. The molecule has 4 nitrogen and oxygen atoms in total. The van der Waals surface area contributed by atoms with Crippen LogP contribution in [0.1, 0.15) is 32.8 Å². The molecule has 0 fully saturated rings. The number of nitrogens with one attached hydrogen (secondary N) is 1. The number of halogens is 1. The fraction of sp³-hybridized carbons (Fsp3) is 0.562. The number of nitrogens with zero attached hydrogens (tertiary/aromatic N) is 2. The summed E-state index contributed by atoms with van der Waals surface area (Å²) in [4.78, 5) is 4.53. The molecule has 0 aromatic heterocycles. The zero-order chi connectivity index (χ0) is 15.8. The Morgan fingerprint density at radius 3 is 2.33 bits per heavy atom. The molecule has 21 heavy (non-hydrogen) atoms. The minimum Gasteiger partial charge on any atom is -0.384 e. The lowest BCUT2D eigenvalue weighted by atomic mass is 10.1. The summed E-state index contributed by atoms with van der Waals surface area (Å²) in [6, 6.07) is 4.48. The molecular weight excluding hydrogens is 267 g/mol. The molecule has 0 radical (unpaired) electrons. The molecule has 0 unspecified atom stereocenters. The Hall–Kier alpha value is -1.62. The Kier molecular flexibility index (Phi) is 7.15. The predicted molar refractivity (Wildman–Crippen MR) is 87.7 cm³/mol. The Morgan fingerprint density at radius 1 is 1.14 bits per heavy atom. The van der Waals surface area contributed by atoms with E-state index in [0.29, 0.717) is 5.56 Å². The minimum atomic E-state index is -0.358. The van der Waals surface area contributed by atoms with Crippen LogP contribution in [0.2, 0.25) is 0 Å². The third-order valence-electron chi connectivity index (χ3n) is 3.77. The van der Waals surface area contributed by atoms with Crippen LogP contribution in [0.3, 0.4) is 0 Å². The van der Waals surface area contributed by atoms with Crippen molar-refractivity contribution in [1.29, 1.82) is 5.41 Å². The molecule has 0 aliphatic carbocycles. The molecule has 118 valence electrons. The molecule has 0 saturated carbocycles. The van der Waals surface area contributed by atoms with Crippen LogP contribution in [0.5, 0.6) is 0 Å². The first-order valence-electron chi connectivity index (χ1n) is 7.64. The van der Waals surface area contributed by atoms with Crippen LogP contribution in [0.15, 0.2) is 18.2 Å². The van der Waals surface area contributed by atoms with Crippen molar-refractivity contribution in [1.82, 2.24) is 4.90 Å². The second kappa shape index (κ2) is 8.62. The van der Waals surface area contributed by atoms with Gasteiger partial charge in [-0.05, 0) is 51.2 Å². The van der Waals surface area contributed by atoms with Crippen LogP contribution >= 0.6 is 0 Å². The lowest BCUT2D eigenvalue weighted by molar-refractivity contribution is 0.301.